The van der Waals surface area contributed by atoms with E-state index < -0.39 is 10.1 Å². The predicted molar refractivity (Wildman–Crippen MR) is 77.3 cm³/mol. The molecule has 20 heavy (non-hydrogen) atoms. The van der Waals surface area contributed by atoms with Gasteiger partial charge in [-0.05, 0) is 26.0 Å². The van der Waals surface area contributed by atoms with Crippen molar-refractivity contribution >= 4 is 39.3 Å². The van der Waals surface area contributed by atoms with E-state index in [9.17, 15) is 13.0 Å². The number of thiocarbonyl (C=S) groups is 1. The molecule has 0 atom stereocenters. The van der Waals surface area contributed by atoms with Gasteiger partial charge in [-0.2, -0.15) is 0 Å². The monoisotopic (exact) mass is 351 g/mol. The summed E-state index contributed by atoms with van der Waals surface area (Å²) in [5, 5.41) is 0. The summed E-state index contributed by atoms with van der Waals surface area (Å²) in [6.45, 7) is 5.95. The summed E-state index contributed by atoms with van der Waals surface area (Å²) >= 11 is 9.51. The van der Waals surface area contributed by atoms with Crippen LogP contribution in [0, 0.1) is 0 Å². The summed E-state index contributed by atoms with van der Waals surface area (Å²) in [6.07, 6.45) is 0. The molecule has 0 unspecified atom stereocenters. The summed E-state index contributed by atoms with van der Waals surface area (Å²) in [5.41, 5.74) is 0. The van der Waals surface area contributed by atoms with Crippen LogP contribution in [0.25, 0.3) is 0 Å². The maximum absolute atomic E-state index is 10.3. The third kappa shape index (κ3) is 11.9. The molecule has 0 aliphatic carbocycles. The number of hydrogen-bond acceptors (Lipinski definition) is 5. The zero-order chi connectivity index (χ0) is 14.2. The van der Waals surface area contributed by atoms with E-state index in [0.29, 0.717) is 4.32 Å². The van der Waals surface area contributed by atoms with E-state index in [1.54, 1.807) is 6.07 Å². The van der Waals surface area contributed by atoms with Crippen molar-refractivity contribution in [2.75, 3.05) is 13.1 Å². The van der Waals surface area contributed by atoms with E-state index in [1.807, 2.05) is 18.7 Å². The maximum Gasteiger partial charge on any atom is 1.00 e. The molecule has 102 valence electrons. The van der Waals surface area contributed by atoms with Gasteiger partial charge in [-0.15, -0.1) is 0 Å². The van der Waals surface area contributed by atoms with Crippen molar-refractivity contribution in [3.63, 3.8) is 0 Å². The Morgan fingerprint density at radius 2 is 1.60 bits per heavy atom. The Morgan fingerprint density at radius 3 is 1.75 bits per heavy atom. The van der Waals surface area contributed by atoms with Gasteiger partial charge in [0.2, 0.25) is 0 Å². The first-order valence-electron chi connectivity index (χ1n) is 5.29. The van der Waals surface area contributed by atoms with Crippen LogP contribution in [0.4, 0.5) is 0 Å². The van der Waals surface area contributed by atoms with Gasteiger partial charge in [0.1, 0.15) is 10.1 Å². The third-order valence-corrected chi connectivity index (χ3v) is 3.42. The SMILES string of the molecule is CCN(CC)C(=S)[S-].O=S(=O)([O-])c1ccccc1.[Na+].[Na+]. The Morgan fingerprint density at radius 1 is 1.20 bits per heavy atom. The van der Waals surface area contributed by atoms with E-state index in [0.717, 1.165) is 13.1 Å². The van der Waals surface area contributed by atoms with Crippen molar-refractivity contribution in [2.24, 2.45) is 0 Å². The van der Waals surface area contributed by atoms with Crippen LogP contribution in [0.1, 0.15) is 13.8 Å². The predicted octanol–water partition coefficient (Wildman–Crippen LogP) is -4.24. The van der Waals surface area contributed by atoms with Gasteiger partial charge in [0, 0.05) is 13.1 Å². The average Bonchev–Trinajstić information content (AvgIpc) is 2.31. The zero-order valence-electron chi connectivity index (χ0n) is 12.2. The number of hydrogen-bond donors (Lipinski definition) is 0. The molecule has 0 aromatic heterocycles. The summed E-state index contributed by atoms with van der Waals surface area (Å²) in [7, 11) is -4.25. The molecule has 0 aliphatic rings. The molecular weight excluding hydrogens is 336 g/mol. The smallest absolute Gasteiger partial charge is 0.744 e. The molecule has 9 heteroatoms. The Bertz CT molecular complexity index is 465. The molecule has 0 radical (unpaired) electrons. The minimum atomic E-state index is -4.25. The van der Waals surface area contributed by atoms with Crippen LogP contribution in [0.15, 0.2) is 35.2 Å². The molecule has 1 rings (SSSR count). The van der Waals surface area contributed by atoms with E-state index in [4.69, 9.17) is 24.8 Å². The quantitative estimate of drug-likeness (QED) is 0.238. The molecule has 0 bridgehead atoms. The van der Waals surface area contributed by atoms with Gasteiger partial charge in [-0.3, -0.25) is 0 Å². The number of nitrogens with zero attached hydrogens (tertiary/aromatic N) is 1. The second kappa shape index (κ2) is 13.9. The standard InChI is InChI=1S/C6H6O3S.C5H11NS2.2Na/c7-10(8,9)6-4-2-1-3-5-6;1-3-6(4-2)5(7)8;;/h1-5H,(H,7,8,9);3-4H2,1-2H3,(H,7,8);;/q;;2*+1/p-2. The Balaban J connectivity index is -0.000000269. The van der Waals surface area contributed by atoms with Crippen LogP contribution in [0.3, 0.4) is 0 Å². The summed E-state index contributed by atoms with van der Waals surface area (Å²) in [4.78, 5) is 1.78. The van der Waals surface area contributed by atoms with Crippen molar-refractivity contribution in [3.05, 3.63) is 30.3 Å². The van der Waals surface area contributed by atoms with Crippen molar-refractivity contribution < 1.29 is 72.1 Å². The average molecular weight is 351 g/mol. The molecule has 1 aromatic carbocycles. The third-order valence-electron chi connectivity index (χ3n) is 2.05. The van der Waals surface area contributed by atoms with Crippen molar-refractivity contribution in [2.45, 2.75) is 18.7 Å². The Kier molecular flexibility index (Phi) is 18.1. The number of benzene rings is 1. The van der Waals surface area contributed by atoms with Gasteiger partial charge in [-0.1, -0.05) is 22.5 Å². The second-order valence-electron chi connectivity index (χ2n) is 3.21. The molecule has 0 saturated carbocycles. The van der Waals surface area contributed by atoms with E-state index in [2.05, 4.69) is 0 Å². The van der Waals surface area contributed by atoms with Crippen LogP contribution in [0.5, 0.6) is 0 Å². The van der Waals surface area contributed by atoms with Crippen LogP contribution >= 0.6 is 12.2 Å². The minimum Gasteiger partial charge on any atom is -0.744 e. The van der Waals surface area contributed by atoms with Gasteiger partial charge in [-0.25, -0.2) is 8.42 Å². The molecule has 0 fully saturated rings. The molecule has 0 amide bonds. The molecule has 0 heterocycles. The Labute approximate surface area is 176 Å². The first kappa shape index (κ1) is 26.2. The first-order chi connectivity index (χ1) is 8.32. The van der Waals surface area contributed by atoms with Crippen molar-refractivity contribution in [1.82, 2.24) is 4.90 Å². The van der Waals surface area contributed by atoms with Crippen LogP contribution in [-0.2, 0) is 22.7 Å². The molecule has 0 aliphatic heterocycles. The fourth-order valence-corrected chi connectivity index (χ4v) is 2.08. The second-order valence-corrected chi connectivity index (χ2v) is 5.62. The van der Waals surface area contributed by atoms with Crippen molar-refractivity contribution in [1.29, 1.82) is 0 Å². The van der Waals surface area contributed by atoms with E-state index in [1.165, 1.54) is 24.3 Å². The number of rotatable bonds is 3. The Hall–Kier alpha value is 1.24. The van der Waals surface area contributed by atoms with Gasteiger partial charge in [0.15, 0.2) is 0 Å². The van der Waals surface area contributed by atoms with Crippen LogP contribution in [0.2, 0.25) is 0 Å². The molecule has 1 aromatic rings. The fraction of sp³-hybridized carbons (Fsp3) is 0.364. The van der Waals surface area contributed by atoms with Crippen LogP contribution in [-0.4, -0.2) is 35.3 Å². The fourth-order valence-electron chi connectivity index (χ4n) is 1.07. The zero-order valence-corrected chi connectivity index (χ0v) is 18.6. The largest absolute Gasteiger partial charge is 1.00 e. The molecular formula is C11H15NNa2O3S3. The topological polar surface area (TPSA) is 60.4 Å². The van der Waals surface area contributed by atoms with Crippen molar-refractivity contribution in [3.8, 4) is 0 Å². The first-order valence-corrected chi connectivity index (χ1v) is 7.52. The van der Waals surface area contributed by atoms with Gasteiger partial charge < -0.3 is 34.3 Å². The van der Waals surface area contributed by atoms with Crippen LogP contribution < -0.4 is 59.1 Å². The maximum atomic E-state index is 10.3. The van der Waals surface area contributed by atoms with Gasteiger partial charge >= 0.3 is 59.1 Å². The van der Waals surface area contributed by atoms with Gasteiger partial charge in [0.05, 0.1) is 4.90 Å². The molecule has 0 saturated heterocycles. The normalized spacial score (nSPS) is 9.15. The molecule has 4 nitrogen and oxygen atoms in total. The van der Waals surface area contributed by atoms with Gasteiger partial charge in [0.25, 0.3) is 0 Å². The van der Waals surface area contributed by atoms with E-state index in [-0.39, 0.29) is 64.0 Å². The summed E-state index contributed by atoms with van der Waals surface area (Å²) in [6, 6.07) is 7.19. The van der Waals surface area contributed by atoms with E-state index >= 15 is 0 Å². The summed E-state index contributed by atoms with van der Waals surface area (Å²) in [5.74, 6) is 0. The summed E-state index contributed by atoms with van der Waals surface area (Å²) < 4.78 is 31.4. The minimum absolute atomic E-state index is 0. The molecule has 0 spiro atoms. The molecule has 0 N–H and O–H groups in total.